The Morgan fingerprint density at radius 3 is 2.18 bits per heavy atom. The zero-order chi connectivity index (χ0) is 19.6. The lowest BCUT2D eigenvalue weighted by Crippen LogP contribution is -2.34. The van der Waals surface area contributed by atoms with Gasteiger partial charge in [-0.3, -0.25) is 4.98 Å². The van der Waals surface area contributed by atoms with Crippen LogP contribution in [0.15, 0.2) is 54.7 Å². The molecule has 138 valence electrons. The van der Waals surface area contributed by atoms with Gasteiger partial charge in [-0.2, -0.15) is 0 Å². The number of pyridine rings is 2. The van der Waals surface area contributed by atoms with Gasteiger partial charge in [0, 0.05) is 16.5 Å². The van der Waals surface area contributed by atoms with Gasteiger partial charge in [0.05, 0.1) is 5.56 Å². The Bertz CT molecular complexity index is 1390. The molecule has 0 amide bonds. The molecule has 5 aromatic rings. The van der Waals surface area contributed by atoms with Crippen molar-refractivity contribution in [1.29, 1.82) is 0 Å². The highest BCUT2D eigenvalue weighted by Gasteiger charge is 2.24. The number of rotatable bonds is 1. The molecule has 0 spiro atoms. The second kappa shape index (κ2) is 5.90. The maximum absolute atomic E-state index is 4.94. The van der Waals surface area contributed by atoms with Gasteiger partial charge < -0.3 is 0 Å². The first-order valence-electron chi connectivity index (χ1n) is 9.74. The molecule has 0 saturated carbocycles. The molecule has 3 heterocycles. The summed E-state index contributed by atoms with van der Waals surface area (Å²) in [6, 6.07) is 17.4. The summed E-state index contributed by atoms with van der Waals surface area (Å²) in [5.41, 5.74) is 11.0. The fourth-order valence-corrected chi connectivity index (χ4v) is 4.71. The number of fused-ring (bicyclic) bond motifs is 6. The molecule has 3 heteroatoms. The third kappa shape index (κ3) is 2.22. The minimum atomic E-state index is 1.05. The summed E-state index contributed by atoms with van der Waals surface area (Å²) in [4.78, 5) is 4.94. The van der Waals surface area contributed by atoms with Gasteiger partial charge in [0.1, 0.15) is 16.6 Å². The van der Waals surface area contributed by atoms with Crippen LogP contribution in [0.25, 0.3) is 38.4 Å². The molecule has 0 unspecified atom stereocenters. The van der Waals surface area contributed by atoms with E-state index >= 15 is 0 Å². The fraction of sp³-hybridized carbons (Fsp3) is 0.200. The van der Waals surface area contributed by atoms with Crippen molar-refractivity contribution in [3.8, 4) is 11.1 Å². The predicted molar refractivity (Wildman–Crippen MR) is 116 cm³/mol. The molecule has 0 bridgehead atoms. The Morgan fingerprint density at radius 2 is 1.46 bits per heavy atom. The lowest BCUT2D eigenvalue weighted by atomic mass is 9.95. The SMILES string of the molecule is Cc1cc(C)c2c(n1)c1ccccc1c1c(-c3c(C)cccc3C)c[n+](C)n12. The summed E-state index contributed by atoms with van der Waals surface area (Å²) in [6.07, 6.45) is 2.26. The van der Waals surface area contributed by atoms with E-state index in [4.69, 9.17) is 4.98 Å². The summed E-state index contributed by atoms with van der Waals surface area (Å²) >= 11 is 0. The predicted octanol–water partition coefficient (Wildman–Crippen LogP) is 5.37. The molecule has 0 aliphatic rings. The first-order valence-corrected chi connectivity index (χ1v) is 9.74. The minimum Gasteiger partial charge on any atom is -0.251 e. The topological polar surface area (TPSA) is 21.2 Å². The summed E-state index contributed by atoms with van der Waals surface area (Å²) in [5.74, 6) is 0. The van der Waals surface area contributed by atoms with Crippen molar-refractivity contribution < 1.29 is 4.68 Å². The molecule has 3 nitrogen and oxygen atoms in total. The number of hydrogen-bond donors (Lipinski definition) is 0. The maximum Gasteiger partial charge on any atom is 0.204 e. The molecule has 2 aromatic carbocycles. The summed E-state index contributed by atoms with van der Waals surface area (Å²) in [7, 11) is 2.12. The molecule has 5 rings (SSSR count). The molecular formula is C25H24N3+. The van der Waals surface area contributed by atoms with Crippen molar-refractivity contribution in [3.05, 3.63) is 77.1 Å². The lowest BCUT2D eigenvalue weighted by Gasteiger charge is -2.11. The maximum atomic E-state index is 4.94. The van der Waals surface area contributed by atoms with E-state index in [1.807, 2.05) is 0 Å². The Morgan fingerprint density at radius 1 is 0.786 bits per heavy atom. The summed E-state index contributed by atoms with van der Waals surface area (Å²) < 4.78 is 4.54. The third-order valence-electron chi connectivity index (χ3n) is 5.81. The molecule has 0 radical (unpaired) electrons. The number of aromatic nitrogens is 3. The van der Waals surface area contributed by atoms with Gasteiger partial charge in [-0.25, -0.2) is 0 Å². The van der Waals surface area contributed by atoms with Crippen molar-refractivity contribution in [2.75, 3.05) is 0 Å². The standard InChI is InChI=1S/C25H24N3/c1-15-9-8-10-16(2)22(15)21-14-27(5)28-24-17(3)13-18(4)26-23(24)19-11-6-7-12-20(19)25(21)28/h6-14H,1-5H3/q+1. The average Bonchev–Trinajstić information content (AvgIpc) is 2.98. The average molecular weight is 366 g/mol. The molecule has 0 N–H and O–H groups in total. The van der Waals surface area contributed by atoms with Crippen LogP contribution in [0.2, 0.25) is 0 Å². The zero-order valence-electron chi connectivity index (χ0n) is 17.0. The molecule has 0 atom stereocenters. The highest BCUT2D eigenvalue weighted by Crippen LogP contribution is 2.37. The van der Waals surface area contributed by atoms with E-state index < -0.39 is 0 Å². The molecule has 0 aliphatic heterocycles. The lowest BCUT2D eigenvalue weighted by molar-refractivity contribution is -0.735. The minimum absolute atomic E-state index is 1.05. The second-order valence-electron chi connectivity index (χ2n) is 7.87. The smallest absolute Gasteiger partial charge is 0.204 e. The number of aryl methyl sites for hydroxylation is 5. The molecule has 3 aromatic heterocycles. The van der Waals surface area contributed by atoms with E-state index in [0.717, 1.165) is 11.2 Å². The normalized spacial score (nSPS) is 11.8. The molecule has 28 heavy (non-hydrogen) atoms. The van der Waals surface area contributed by atoms with Crippen LogP contribution >= 0.6 is 0 Å². The van der Waals surface area contributed by atoms with E-state index in [-0.39, 0.29) is 0 Å². The highest BCUT2D eigenvalue weighted by atomic mass is 15.3. The van der Waals surface area contributed by atoms with Crippen molar-refractivity contribution in [2.24, 2.45) is 7.05 Å². The van der Waals surface area contributed by atoms with Gasteiger partial charge in [0.25, 0.3) is 0 Å². The molecular weight excluding hydrogens is 342 g/mol. The van der Waals surface area contributed by atoms with Gasteiger partial charge in [-0.15, -0.1) is 9.20 Å². The number of nitrogens with zero attached hydrogens (tertiary/aromatic N) is 3. The van der Waals surface area contributed by atoms with Crippen LogP contribution in [0.3, 0.4) is 0 Å². The van der Waals surface area contributed by atoms with Crippen molar-refractivity contribution in [1.82, 2.24) is 9.50 Å². The van der Waals surface area contributed by atoms with Crippen LogP contribution in [-0.4, -0.2) is 9.50 Å². The van der Waals surface area contributed by atoms with Crippen LogP contribution in [0.1, 0.15) is 22.4 Å². The number of hydrogen-bond acceptors (Lipinski definition) is 1. The second-order valence-corrected chi connectivity index (χ2v) is 7.87. The van der Waals surface area contributed by atoms with Crippen molar-refractivity contribution >= 4 is 27.3 Å². The van der Waals surface area contributed by atoms with Crippen molar-refractivity contribution in [3.63, 3.8) is 0 Å². The van der Waals surface area contributed by atoms with Gasteiger partial charge in [0.2, 0.25) is 6.20 Å². The van der Waals surface area contributed by atoms with E-state index in [1.54, 1.807) is 0 Å². The van der Waals surface area contributed by atoms with Gasteiger partial charge in [-0.1, -0.05) is 42.5 Å². The van der Waals surface area contributed by atoms with Crippen LogP contribution < -0.4 is 4.68 Å². The van der Waals surface area contributed by atoms with Crippen LogP contribution in [0, 0.1) is 27.7 Å². The zero-order valence-corrected chi connectivity index (χ0v) is 17.0. The summed E-state index contributed by atoms with van der Waals surface area (Å²) in [5, 5.41) is 2.45. The van der Waals surface area contributed by atoms with E-state index in [0.29, 0.717) is 0 Å². The first kappa shape index (κ1) is 16.9. The van der Waals surface area contributed by atoms with Gasteiger partial charge >= 0.3 is 0 Å². The Hall–Kier alpha value is -3.20. The van der Waals surface area contributed by atoms with E-state index in [1.165, 1.54) is 49.6 Å². The Balaban J connectivity index is 2.12. The highest BCUT2D eigenvalue weighted by molar-refractivity contribution is 6.14. The Labute approximate surface area is 164 Å². The summed E-state index contributed by atoms with van der Waals surface area (Å²) in [6.45, 7) is 8.66. The van der Waals surface area contributed by atoms with Crippen LogP contribution in [-0.2, 0) is 7.05 Å². The number of benzene rings is 2. The van der Waals surface area contributed by atoms with Crippen LogP contribution in [0.4, 0.5) is 0 Å². The molecule has 0 aliphatic carbocycles. The largest absolute Gasteiger partial charge is 0.251 e. The van der Waals surface area contributed by atoms with Gasteiger partial charge in [-0.05, 0) is 56.0 Å². The monoisotopic (exact) mass is 366 g/mol. The Kier molecular flexibility index (Phi) is 3.57. The van der Waals surface area contributed by atoms with E-state index in [9.17, 15) is 0 Å². The van der Waals surface area contributed by atoms with Gasteiger partial charge in [0.15, 0.2) is 7.05 Å². The van der Waals surface area contributed by atoms with E-state index in [2.05, 4.69) is 98.7 Å². The van der Waals surface area contributed by atoms with Crippen molar-refractivity contribution in [2.45, 2.75) is 27.7 Å². The quantitative estimate of drug-likeness (QED) is 0.289. The molecule has 0 saturated heterocycles. The molecule has 0 fully saturated rings. The fourth-order valence-electron chi connectivity index (χ4n) is 4.71. The third-order valence-corrected chi connectivity index (χ3v) is 5.81. The van der Waals surface area contributed by atoms with Crippen LogP contribution in [0.5, 0.6) is 0 Å². The first-order chi connectivity index (χ1) is 13.5.